The number of aryl methyl sites for hydroxylation is 1. The van der Waals surface area contributed by atoms with Crippen molar-refractivity contribution in [1.82, 2.24) is 9.55 Å². The van der Waals surface area contributed by atoms with Crippen LogP contribution in [-0.4, -0.2) is 26.4 Å². The summed E-state index contributed by atoms with van der Waals surface area (Å²) >= 11 is 0. The van der Waals surface area contributed by atoms with Crippen molar-refractivity contribution in [3.8, 4) is 0 Å². The van der Waals surface area contributed by atoms with E-state index >= 15 is 0 Å². The van der Waals surface area contributed by atoms with Gasteiger partial charge in [0.25, 0.3) is 5.91 Å². The Labute approximate surface area is 157 Å². The van der Waals surface area contributed by atoms with Crippen molar-refractivity contribution in [2.24, 2.45) is 11.1 Å². The van der Waals surface area contributed by atoms with Crippen molar-refractivity contribution in [2.45, 2.75) is 33.4 Å². The molecule has 0 atom stereocenters. The second kappa shape index (κ2) is 6.87. The number of oxime groups is 1. The number of carbonyl (C=O) groups excluding carboxylic acids is 1. The summed E-state index contributed by atoms with van der Waals surface area (Å²) in [7, 11) is 0. The van der Waals surface area contributed by atoms with Gasteiger partial charge in [0.15, 0.2) is 5.71 Å². The number of para-hydroxylation sites is 3. The first-order chi connectivity index (χ1) is 13.1. The SMILES string of the molecule is CC(C)CCn1c(CN2C(=O)/C(=N/O)c3ccccc32)nc2ccccc21. The largest absolute Gasteiger partial charge is 0.410 e. The van der Waals surface area contributed by atoms with Crippen LogP contribution in [-0.2, 0) is 17.9 Å². The molecule has 1 aromatic heterocycles. The molecule has 6 heteroatoms. The molecule has 1 aliphatic rings. The molecule has 1 N–H and O–H groups in total. The second-order valence-corrected chi connectivity index (χ2v) is 7.21. The van der Waals surface area contributed by atoms with Gasteiger partial charge in [0.2, 0.25) is 0 Å². The Morgan fingerprint density at radius 3 is 2.63 bits per heavy atom. The van der Waals surface area contributed by atoms with Crippen LogP contribution in [0, 0.1) is 5.92 Å². The highest BCUT2D eigenvalue weighted by Gasteiger charge is 2.35. The zero-order valence-corrected chi connectivity index (χ0v) is 15.5. The molecule has 0 fully saturated rings. The van der Waals surface area contributed by atoms with Gasteiger partial charge in [-0.05, 0) is 30.5 Å². The Kier molecular flexibility index (Phi) is 4.39. The molecule has 0 saturated heterocycles. The standard InChI is InChI=1S/C21H22N4O2/c1-14(2)11-12-24-18-10-6-4-8-16(18)22-19(24)13-25-17-9-5-3-7-15(17)20(23-27)21(25)26/h3-10,14,27H,11-13H2,1-2H3/b23-20+. The zero-order chi connectivity index (χ0) is 19.0. The first-order valence-electron chi connectivity index (χ1n) is 9.17. The van der Waals surface area contributed by atoms with Gasteiger partial charge in [-0.1, -0.05) is 49.3 Å². The van der Waals surface area contributed by atoms with Crippen LogP contribution >= 0.6 is 0 Å². The molecular formula is C21H22N4O2. The summed E-state index contributed by atoms with van der Waals surface area (Å²) in [4.78, 5) is 19.2. The predicted octanol–water partition coefficient (Wildman–Crippen LogP) is 3.81. The number of fused-ring (bicyclic) bond motifs is 2. The van der Waals surface area contributed by atoms with E-state index in [0.29, 0.717) is 18.0 Å². The number of benzene rings is 2. The third-order valence-corrected chi connectivity index (χ3v) is 4.96. The predicted molar refractivity (Wildman–Crippen MR) is 105 cm³/mol. The van der Waals surface area contributed by atoms with Gasteiger partial charge in [-0.25, -0.2) is 4.98 Å². The number of imidazole rings is 1. The number of anilines is 1. The molecule has 0 aliphatic carbocycles. The van der Waals surface area contributed by atoms with Crippen LogP contribution < -0.4 is 4.90 Å². The van der Waals surface area contributed by atoms with Gasteiger partial charge in [-0.2, -0.15) is 0 Å². The van der Waals surface area contributed by atoms with E-state index in [0.717, 1.165) is 35.5 Å². The molecule has 6 nitrogen and oxygen atoms in total. The van der Waals surface area contributed by atoms with Crippen molar-refractivity contribution in [3.05, 3.63) is 59.9 Å². The third kappa shape index (κ3) is 2.97. The molecule has 0 radical (unpaired) electrons. The fraction of sp³-hybridized carbons (Fsp3) is 0.286. The first kappa shape index (κ1) is 17.3. The average Bonchev–Trinajstić information content (AvgIpc) is 3.15. The summed E-state index contributed by atoms with van der Waals surface area (Å²) in [5.74, 6) is 1.10. The maximum atomic E-state index is 12.8. The average molecular weight is 362 g/mol. The van der Waals surface area contributed by atoms with E-state index in [9.17, 15) is 10.0 Å². The number of hydrogen-bond donors (Lipinski definition) is 1. The molecule has 2 heterocycles. The molecule has 0 unspecified atom stereocenters. The Balaban J connectivity index is 1.75. The number of amides is 1. The van der Waals surface area contributed by atoms with Crippen molar-refractivity contribution >= 4 is 28.3 Å². The van der Waals surface area contributed by atoms with Gasteiger partial charge in [-0.3, -0.25) is 9.69 Å². The minimum absolute atomic E-state index is 0.0791. The van der Waals surface area contributed by atoms with Gasteiger partial charge in [-0.15, -0.1) is 0 Å². The quantitative estimate of drug-likeness (QED) is 0.554. The van der Waals surface area contributed by atoms with E-state index in [-0.39, 0.29) is 11.6 Å². The minimum atomic E-state index is -0.304. The highest BCUT2D eigenvalue weighted by Crippen LogP contribution is 2.31. The molecule has 1 aliphatic heterocycles. The Morgan fingerprint density at radius 1 is 1.11 bits per heavy atom. The monoisotopic (exact) mass is 362 g/mol. The lowest BCUT2D eigenvalue weighted by atomic mass is 10.1. The molecule has 27 heavy (non-hydrogen) atoms. The normalized spacial score (nSPS) is 15.3. The highest BCUT2D eigenvalue weighted by atomic mass is 16.4. The molecule has 0 spiro atoms. The molecule has 3 aromatic rings. The molecule has 138 valence electrons. The molecule has 2 aromatic carbocycles. The van der Waals surface area contributed by atoms with Gasteiger partial charge < -0.3 is 9.77 Å². The van der Waals surface area contributed by atoms with E-state index < -0.39 is 0 Å². The fourth-order valence-electron chi connectivity index (χ4n) is 3.54. The summed E-state index contributed by atoms with van der Waals surface area (Å²) in [5, 5.41) is 12.5. The van der Waals surface area contributed by atoms with E-state index in [1.807, 2.05) is 36.4 Å². The van der Waals surface area contributed by atoms with Crippen LogP contribution in [0.2, 0.25) is 0 Å². The lowest BCUT2D eigenvalue weighted by Gasteiger charge is -2.18. The lowest BCUT2D eigenvalue weighted by molar-refractivity contribution is -0.112. The maximum Gasteiger partial charge on any atom is 0.281 e. The Hall–Kier alpha value is -3.15. The van der Waals surface area contributed by atoms with Gasteiger partial charge >= 0.3 is 0 Å². The first-order valence-corrected chi connectivity index (χ1v) is 9.17. The van der Waals surface area contributed by atoms with Gasteiger partial charge in [0.05, 0.1) is 23.3 Å². The Bertz CT molecular complexity index is 1040. The minimum Gasteiger partial charge on any atom is -0.410 e. The van der Waals surface area contributed by atoms with Crippen LogP contribution in [0.4, 0.5) is 5.69 Å². The lowest BCUT2D eigenvalue weighted by Crippen LogP contribution is -2.31. The van der Waals surface area contributed by atoms with Crippen molar-refractivity contribution < 1.29 is 10.0 Å². The Morgan fingerprint density at radius 2 is 1.85 bits per heavy atom. The third-order valence-electron chi connectivity index (χ3n) is 4.96. The number of carbonyl (C=O) groups is 1. The number of hydrogen-bond acceptors (Lipinski definition) is 4. The van der Waals surface area contributed by atoms with E-state index in [1.54, 1.807) is 11.0 Å². The van der Waals surface area contributed by atoms with Gasteiger partial charge in [0, 0.05) is 12.1 Å². The molecular weight excluding hydrogens is 340 g/mol. The van der Waals surface area contributed by atoms with Crippen molar-refractivity contribution in [2.75, 3.05) is 4.90 Å². The van der Waals surface area contributed by atoms with Crippen LogP contribution in [0.15, 0.2) is 53.7 Å². The van der Waals surface area contributed by atoms with E-state index in [2.05, 4.69) is 29.6 Å². The topological polar surface area (TPSA) is 70.7 Å². The summed E-state index contributed by atoms with van der Waals surface area (Å²) in [6.45, 7) is 5.58. The van der Waals surface area contributed by atoms with Crippen molar-refractivity contribution in [1.29, 1.82) is 0 Å². The summed E-state index contributed by atoms with van der Waals surface area (Å²) in [6.07, 6.45) is 1.03. The van der Waals surface area contributed by atoms with E-state index in [1.165, 1.54) is 0 Å². The highest BCUT2D eigenvalue weighted by molar-refractivity contribution is 6.54. The van der Waals surface area contributed by atoms with Crippen molar-refractivity contribution in [3.63, 3.8) is 0 Å². The smallest absolute Gasteiger partial charge is 0.281 e. The zero-order valence-electron chi connectivity index (χ0n) is 15.5. The van der Waals surface area contributed by atoms with Crippen LogP contribution in [0.1, 0.15) is 31.7 Å². The molecule has 0 bridgehead atoms. The fourth-order valence-corrected chi connectivity index (χ4v) is 3.54. The van der Waals surface area contributed by atoms with E-state index in [4.69, 9.17) is 4.98 Å². The molecule has 0 saturated carbocycles. The second-order valence-electron chi connectivity index (χ2n) is 7.21. The maximum absolute atomic E-state index is 12.8. The molecule has 1 amide bonds. The summed E-state index contributed by atoms with van der Waals surface area (Å²) in [5.41, 5.74) is 3.47. The van der Waals surface area contributed by atoms with Crippen LogP contribution in [0.3, 0.4) is 0 Å². The number of rotatable bonds is 5. The summed E-state index contributed by atoms with van der Waals surface area (Å²) in [6, 6.07) is 15.4. The van der Waals surface area contributed by atoms with Crippen LogP contribution in [0.5, 0.6) is 0 Å². The van der Waals surface area contributed by atoms with Gasteiger partial charge in [0.1, 0.15) is 5.82 Å². The van der Waals surface area contributed by atoms with Crippen LogP contribution in [0.25, 0.3) is 11.0 Å². The number of aromatic nitrogens is 2. The summed E-state index contributed by atoms with van der Waals surface area (Å²) < 4.78 is 2.19. The molecule has 4 rings (SSSR count). The number of nitrogens with zero attached hydrogens (tertiary/aromatic N) is 4.